The van der Waals surface area contributed by atoms with Crippen LogP contribution in [0.4, 0.5) is 4.39 Å². The fourth-order valence-corrected chi connectivity index (χ4v) is 4.90. The van der Waals surface area contributed by atoms with E-state index < -0.39 is 15.8 Å². The topological polar surface area (TPSA) is 63.4 Å². The molecule has 7 heteroatoms. The van der Waals surface area contributed by atoms with Crippen molar-refractivity contribution in [3.05, 3.63) is 28.5 Å². The molecule has 0 atom stereocenters. The number of hydrogen-bond donors (Lipinski definition) is 1. The van der Waals surface area contributed by atoms with E-state index >= 15 is 0 Å². The highest BCUT2D eigenvalue weighted by molar-refractivity contribution is 9.10. The molecule has 0 unspecified atom stereocenters. The molecule has 1 fully saturated rings. The second-order valence-electron chi connectivity index (χ2n) is 5.35. The second kappa shape index (κ2) is 6.73. The van der Waals surface area contributed by atoms with Crippen LogP contribution in [0, 0.1) is 5.82 Å². The summed E-state index contributed by atoms with van der Waals surface area (Å²) >= 11 is 3.14. The van der Waals surface area contributed by atoms with E-state index in [1.807, 2.05) is 0 Å². The van der Waals surface area contributed by atoms with Crippen molar-refractivity contribution in [2.45, 2.75) is 49.6 Å². The quantitative estimate of drug-likeness (QED) is 0.875. The fourth-order valence-electron chi connectivity index (χ4n) is 2.82. The molecular formula is C14H20BrFN2O2S. The van der Waals surface area contributed by atoms with E-state index in [0.29, 0.717) is 11.0 Å². The van der Waals surface area contributed by atoms with Crippen LogP contribution < -0.4 is 5.73 Å². The third kappa shape index (κ3) is 3.64. The highest BCUT2D eigenvalue weighted by Crippen LogP contribution is 2.29. The van der Waals surface area contributed by atoms with Gasteiger partial charge in [0.05, 0.1) is 0 Å². The Kier molecular flexibility index (Phi) is 5.40. The second-order valence-corrected chi connectivity index (χ2v) is 8.13. The molecule has 21 heavy (non-hydrogen) atoms. The Morgan fingerprint density at radius 1 is 1.33 bits per heavy atom. The molecule has 0 spiro atoms. The first-order chi connectivity index (χ1) is 9.86. The standard InChI is InChI=1S/C14H20BrFN2O2S/c1-2-18(12-6-4-11(17)5-7-12)21(19,20)14-8-3-10(15)9-13(14)16/h3,8-9,11-12H,2,4-7,17H2,1H3. The molecule has 0 saturated heterocycles. The van der Waals surface area contributed by atoms with Crippen molar-refractivity contribution in [1.82, 2.24) is 4.31 Å². The highest BCUT2D eigenvalue weighted by Gasteiger charge is 2.34. The smallest absolute Gasteiger partial charge is 0.246 e. The number of rotatable bonds is 4. The molecule has 1 aliphatic carbocycles. The van der Waals surface area contributed by atoms with Crippen LogP contribution in [0.15, 0.2) is 27.6 Å². The van der Waals surface area contributed by atoms with E-state index in [4.69, 9.17) is 5.73 Å². The van der Waals surface area contributed by atoms with Gasteiger partial charge in [-0.25, -0.2) is 12.8 Å². The van der Waals surface area contributed by atoms with Crippen LogP contribution in [-0.4, -0.2) is 31.4 Å². The van der Waals surface area contributed by atoms with Crippen molar-refractivity contribution in [3.63, 3.8) is 0 Å². The maximum atomic E-state index is 14.0. The van der Waals surface area contributed by atoms with E-state index in [1.54, 1.807) is 13.0 Å². The van der Waals surface area contributed by atoms with Crippen molar-refractivity contribution < 1.29 is 12.8 Å². The van der Waals surface area contributed by atoms with Gasteiger partial charge in [0.25, 0.3) is 0 Å². The van der Waals surface area contributed by atoms with Crippen molar-refractivity contribution in [2.24, 2.45) is 5.73 Å². The summed E-state index contributed by atoms with van der Waals surface area (Å²) in [6.07, 6.45) is 3.07. The Morgan fingerprint density at radius 3 is 2.48 bits per heavy atom. The molecule has 1 saturated carbocycles. The summed E-state index contributed by atoms with van der Waals surface area (Å²) in [5.41, 5.74) is 5.87. The zero-order valence-corrected chi connectivity index (χ0v) is 14.3. The maximum absolute atomic E-state index is 14.0. The van der Waals surface area contributed by atoms with Gasteiger partial charge in [0.15, 0.2) is 0 Å². The van der Waals surface area contributed by atoms with Crippen LogP contribution >= 0.6 is 15.9 Å². The van der Waals surface area contributed by atoms with E-state index in [9.17, 15) is 12.8 Å². The summed E-state index contributed by atoms with van der Waals surface area (Å²) in [5, 5.41) is 0. The summed E-state index contributed by atoms with van der Waals surface area (Å²) in [4.78, 5) is -0.262. The lowest BCUT2D eigenvalue weighted by Gasteiger charge is -2.34. The average molecular weight is 379 g/mol. The van der Waals surface area contributed by atoms with E-state index in [-0.39, 0.29) is 17.0 Å². The molecule has 1 aliphatic rings. The minimum atomic E-state index is -3.82. The zero-order chi connectivity index (χ0) is 15.6. The number of benzene rings is 1. The molecule has 0 aromatic heterocycles. The van der Waals surface area contributed by atoms with Gasteiger partial charge in [-0.2, -0.15) is 4.31 Å². The zero-order valence-electron chi connectivity index (χ0n) is 11.9. The molecule has 0 radical (unpaired) electrons. The van der Waals surface area contributed by atoms with Gasteiger partial charge in [-0.05, 0) is 43.9 Å². The SMILES string of the molecule is CCN(C1CCC(N)CC1)S(=O)(=O)c1ccc(Br)cc1F. The lowest BCUT2D eigenvalue weighted by molar-refractivity contribution is 0.246. The highest BCUT2D eigenvalue weighted by atomic mass is 79.9. The van der Waals surface area contributed by atoms with Gasteiger partial charge in [-0.15, -0.1) is 0 Å². The van der Waals surface area contributed by atoms with Crippen LogP contribution in [-0.2, 0) is 10.0 Å². The minimum Gasteiger partial charge on any atom is -0.328 e. The normalized spacial score (nSPS) is 23.5. The van der Waals surface area contributed by atoms with Crippen molar-refractivity contribution in [1.29, 1.82) is 0 Å². The van der Waals surface area contributed by atoms with E-state index in [1.165, 1.54) is 16.4 Å². The van der Waals surface area contributed by atoms with Crippen LogP contribution in [0.2, 0.25) is 0 Å². The van der Waals surface area contributed by atoms with Gasteiger partial charge in [-0.3, -0.25) is 0 Å². The Balaban J connectivity index is 2.31. The number of halogens is 2. The fraction of sp³-hybridized carbons (Fsp3) is 0.571. The van der Waals surface area contributed by atoms with Gasteiger partial charge in [0.2, 0.25) is 10.0 Å². The van der Waals surface area contributed by atoms with Crippen LogP contribution in [0.1, 0.15) is 32.6 Å². The molecule has 0 amide bonds. The number of hydrogen-bond acceptors (Lipinski definition) is 3. The van der Waals surface area contributed by atoms with Gasteiger partial charge < -0.3 is 5.73 Å². The van der Waals surface area contributed by atoms with Crippen LogP contribution in [0.5, 0.6) is 0 Å². The molecule has 2 N–H and O–H groups in total. The lowest BCUT2D eigenvalue weighted by Crippen LogP contribution is -2.44. The Hall–Kier alpha value is -0.500. The van der Waals surface area contributed by atoms with Gasteiger partial charge in [0.1, 0.15) is 10.7 Å². The minimum absolute atomic E-state index is 0.0946. The Labute approximate surface area is 133 Å². The molecule has 2 rings (SSSR count). The molecular weight excluding hydrogens is 359 g/mol. The summed E-state index contributed by atoms with van der Waals surface area (Å²) in [6.45, 7) is 2.11. The molecule has 1 aromatic rings. The third-order valence-corrected chi connectivity index (χ3v) is 6.49. The van der Waals surface area contributed by atoms with Crippen LogP contribution in [0.25, 0.3) is 0 Å². The molecule has 0 heterocycles. The largest absolute Gasteiger partial charge is 0.328 e. The number of nitrogens with two attached hydrogens (primary N) is 1. The van der Waals surface area contributed by atoms with Gasteiger partial charge in [0, 0.05) is 23.1 Å². The first-order valence-corrected chi connectivity index (χ1v) is 9.32. The summed E-state index contributed by atoms with van der Waals surface area (Å²) in [5.74, 6) is -0.727. The van der Waals surface area contributed by atoms with E-state index in [0.717, 1.165) is 25.7 Å². The predicted octanol–water partition coefficient (Wildman–Crippen LogP) is 2.87. The monoisotopic (exact) mass is 378 g/mol. The first kappa shape index (κ1) is 16.9. The van der Waals surface area contributed by atoms with Crippen molar-refractivity contribution in [2.75, 3.05) is 6.54 Å². The molecule has 0 bridgehead atoms. The maximum Gasteiger partial charge on any atom is 0.246 e. The van der Waals surface area contributed by atoms with Gasteiger partial charge in [-0.1, -0.05) is 22.9 Å². The number of sulfonamides is 1. The summed E-state index contributed by atoms with van der Waals surface area (Å²) in [7, 11) is -3.82. The Morgan fingerprint density at radius 2 is 1.95 bits per heavy atom. The van der Waals surface area contributed by atoms with Crippen molar-refractivity contribution >= 4 is 26.0 Å². The first-order valence-electron chi connectivity index (χ1n) is 7.08. The van der Waals surface area contributed by atoms with Crippen molar-refractivity contribution in [3.8, 4) is 0 Å². The van der Waals surface area contributed by atoms with E-state index in [2.05, 4.69) is 15.9 Å². The molecule has 1 aromatic carbocycles. The summed E-state index contributed by atoms with van der Waals surface area (Å²) in [6, 6.07) is 4.08. The van der Waals surface area contributed by atoms with Gasteiger partial charge >= 0.3 is 0 Å². The molecule has 118 valence electrons. The third-order valence-electron chi connectivity index (χ3n) is 3.94. The lowest BCUT2D eigenvalue weighted by atomic mass is 9.92. The van der Waals surface area contributed by atoms with Crippen LogP contribution in [0.3, 0.4) is 0 Å². The number of nitrogens with zero attached hydrogens (tertiary/aromatic N) is 1. The average Bonchev–Trinajstić information content (AvgIpc) is 2.41. The molecule has 0 aliphatic heterocycles. The molecule has 4 nitrogen and oxygen atoms in total. The predicted molar refractivity (Wildman–Crippen MR) is 83.9 cm³/mol. The Bertz CT molecular complexity index is 601. The summed E-state index contributed by atoms with van der Waals surface area (Å²) < 4.78 is 41.4.